The van der Waals surface area contributed by atoms with Crippen molar-refractivity contribution < 1.29 is 4.79 Å². The van der Waals surface area contributed by atoms with Crippen LogP contribution < -0.4 is 11.1 Å². The summed E-state index contributed by atoms with van der Waals surface area (Å²) in [6, 6.07) is 0.311. The highest BCUT2D eigenvalue weighted by molar-refractivity contribution is 5.80. The maximum Gasteiger partial charge on any atom is 0.317 e. The van der Waals surface area contributed by atoms with Gasteiger partial charge >= 0.3 is 6.03 Å². The zero-order valence-electron chi connectivity index (χ0n) is 11.5. The molecule has 0 aromatic carbocycles. The number of hydrogen-bond acceptors (Lipinski definition) is 2. The molecule has 0 saturated heterocycles. The Bertz CT molecular complexity index is 287. The van der Waals surface area contributed by atoms with Crippen molar-refractivity contribution in [1.82, 2.24) is 10.2 Å². The van der Waals surface area contributed by atoms with E-state index in [0.717, 1.165) is 12.8 Å². The molecule has 4 N–H and O–H groups in total. The number of nitrogens with zero attached hydrogens (tertiary/aromatic N) is 1. The Morgan fingerprint density at radius 3 is 2.56 bits per heavy atom. The fraction of sp³-hybridized carbons (Fsp3) is 0.846. The zero-order valence-corrected chi connectivity index (χ0v) is 11.5. The molecule has 1 unspecified atom stereocenters. The molecule has 1 aliphatic rings. The normalized spacial score (nSPS) is 18.1. The van der Waals surface area contributed by atoms with Crippen molar-refractivity contribution in [3.05, 3.63) is 0 Å². The maximum atomic E-state index is 12.1. The lowest BCUT2D eigenvalue weighted by molar-refractivity contribution is 0.189. The molecule has 1 saturated carbocycles. The molecule has 1 rings (SSSR count). The number of carbonyl (C=O) groups is 1. The summed E-state index contributed by atoms with van der Waals surface area (Å²) in [5.74, 6) is 0.0565. The molecule has 18 heavy (non-hydrogen) atoms. The van der Waals surface area contributed by atoms with E-state index < -0.39 is 0 Å². The number of rotatable bonds is 5. The van der Waals surface area contributed by atoms with Gasteiger partial charge in [-0.1, -0.05) is 26.2 Å². The van der Waals surface area contributed by atoms with E-state index >= 15 is 0 Å². The molecular formula is C13H26N4O. The standard InChI is InChI=1S/C13H26N4O/c1-3-17(9-10(2)12(14)15)13(18)16-11-7-5-4-6-8-11/h10-11H,3-9H2,1-2H3,(H3,14,15)(H,16,18). The fourth-order valence-electron chi connectivity index (χ4n) is 2.30. The molecule has 0 aliphatic heterocycles. The third-order valence-electron chi connectivity index (χ3n) is 3.63. The lowest BCUT2D eigenvalue weighted by atomic mass is 9.96. The van der Waals surface area contributed by atoms with Crippen LogP contribution in [0.4, 0.5) is 4.79 Å². The Morgan fingerprint density at radius 1 is 1.44 bits per heavy atom. The molecule has 1 fully saturated rings. The number of hydrogen-bond donors (Lipinski definition) is 3. The van der Waals surface area contributed by atoms with Crippen LogP contribution in [0.2, 0.25) is 0 Å². The molecule has 104 valence electrons. The third kappa shape index (κ3) is 4.55. The van der Waals surface area contributed by atoms with Gasteiger partial charge in [0.2, 0.25) is 0 Å². The van der Waals surface area contributed by atoms with Gasteiger partial charge in [-0.05, 0) is 19.8 Å². The number of amidine groups is 1. The van der Waals surface area contributed by atoms with Crippen molar-refractivity contribution in [2.45, 2.75) is 52.0 Å². The molecule has 0 spiro atoms. The predicted octanol–water partition coefficient (Wildman–Crippen LogP) is 1.92. The SMILES string of the molecule is CCN(CC(C)C(=N)N)C(=O)NC1CCCCC1. The second-order valence-electron chi connectivity index (χ2n) is 5.18. The van der Waals surface area contributed by atoms with Crippen LogP contribution in [-0.4, -0.2) is 35.9 Å². The summed E-state index contributed by atoms with van der Waals surface area (Å²) in [5.41, 5.74) is 5.45. The van der Waals surface area contributed by atoms with Gasteiger partial charge in [0.15, 0.2) is 0 Å². The van der Waals surface area contributed by atoms with Crippen LogP contribution in [0.25, 0.3) is 0 Å². The maximum absolute atomic E-state index is 12.1. The van der Waals surface area contributed by atoms with Gasteiger partial charge in [-0.25, -0.2) is 4.79 Å². The fourth-order valence-corrected chi connectivity index (χ4v) is 2.30. The number of amides is 2. The van der Waals surface area contributed by atoms with Crippen LogP contribution >= 0.6 is 0 Å². The molecule has 0 bridgehead atoms. The van der Waals surface area contributed by atoms with Gasteiger partial charge in [0.1, 0.15) is 0 Å². The molecule has 0 aromatic rings. The zero-order chi connectivity index (χ0) is 13.5. The summed E-state index contributed by atoms with van der Waals surface area (Å²) < 4.78 is 0. The van der Waals surface area contributed by atoms with Crippen LogP contribution in [0.15, 0.2) is 0 Å². The van der Waals surface area contributed by atoms with Crippen LogP contribution in [-0.2, 0) is 0 Å². The quantitative estimate of drug-likeness (QED) is 0.517. The minimum absolute atomic E-state index is 0.0162. The number of carbonyl (C=O) groups excluding carboxylic acids is 1. The second kappa shape index (κ2) is 7.24. The van der Waals surface area contributed by atoms with E-state index in [1.807, 2.05) is 13.8 Å². The number of nitrogens with two attached hydrogens (primary N) is 1. The first-order chi connectivity index (χ1) is 8.54. The Hall–Kier alpha value is -1.26. The van der Waals surface area contributed by atoms with E-state index in [0.29, 0.717) is 19.1 Å². The van der Waals surface area contributed by atoms with Gasteiger partial charge in [0.25, 0.3) is 0 Å². The first-order valence-electron chi connectivity index (χ1n) is 6.94. The average molecular weight is 254 g/mol. The second-order valence-corrected chi connectivity index (χ2v) is 5.18. The van der Waals surface area contributed by atoms with E-state index in [1.165, 1.54) is 19.3 Å². The van der Waals surface area contributed by atoms with E-state index in [4.69, 9.17) is 11.1 Å². The summed E-state index contributed by atoms with van der Waals surface area (Å²) >= 11 is 0. The van der Waals surface area contributed by atoms with Gasteiger partial charge in [-0.15, -0.1) is 0 Å². The van der Waals surface area contributed by atoms with Gasteiger partial charge in [0, 0.05) is 25.0 Å². The lowest BCUT2D eigenvalue weighted by Gasteiger charge is -2.29. The summed E-state index contributed by atoms with van der Waals surface area (Å²) in [4.78, 5) is 13.8. The minimum atomic E-state index is -0.0814. The van der Waals surface area contributed by atoms with E-state index in [-0.39, 0.29) is 17.8 Å². The predicted molar refractivity (Wildman–Crippen MR) is 73.7 cm³/mol. The third-order valence-corrected chi connectivity index (χ3v) is 3.63. The highest BCUT2D eigenvalue weighted by Crippen LogP contribution is 2.17. The molecule has 0 aromatic heterocycles. The van der Waals surface area contributed by atoms with Crippen molar-refractivity contribution in [1.29, 1.82) is 5.41 Å². The summed E-state index contributed by atoms with van der Waals surface area (Å²) in [5, 5.41) is 10.5. The van der Waals surface area contributed by atoms with Gasteiger partial charge in [-0.2, -0.15) is 0 Å². The van der Waals surface area contributed by atoms with Crippen LogP contribution in [0.1, 0.15) is 46.0 Å². The number of nitrogens with one attached hydrogen (secondary N) is 2. The van der Waals surface area contributed by atoms with E-state index in [2.05, 4.69) is 5.32 Å². The van der Waals surface area contributed by atoms with E-state index in [1.54, 1.807) is 4.90 Å². The van der Waals surface area contributed by atoms with Gasteiger partial charge < -0.3 is 16.0 Å². The van der Waals surface area contributed by atoms with Crippen molar-refractivity contribution in [2.75, 3.05) is 13.1 Å². The Kier molecular flexibility index (Phi) is 5.95. The number of urea groups is 1. The van der Waals surface area contributed by atoms with Crippen LogP contribution in [0, 0.1) is 11.3 Å². The smallest absolute Gasteiger partial charge is 0.317 e. The van der Waals surface area contributed by atoms with Gasteiger partial charge in [0.05, 0.1) is 5.84 Å². The van der Waals surface area contributed by atoms with Crippen molar-refractivity contribution in [2.24, 2.45) is 11.7 Å². The highest BCUT2D eigenvalue weighted by Gasteiger charge is 2.20. The Morgan fingerprint density at radius 2 is 2.06 bits per heavy atom. The van der Waals surface area contributed by atoms with Crippen LogP contribution in [0.3, 0.4) is 0 Å². The molecule has 0 radical (unpaired) electrons. The molecule has 5 heteroatoms. The monoisotopic (exact) mass is 254 g/mol. The molecular weight excluding hydrogens is 228 g/mol. The summed E-state index contributed by atoms with van der Waals surface area (Å²) in [7, 11) is 0. The summed E-state index contributed by atoms with van der Waals surface area (Å²) in [6.07, 6.45) is 5.88. The largest absolute Gasteiger partial charge is 0.387 e. The topological polar surface area (TPSA) is 82.2 Å². The van der Waals surface area contributed by atoms with Crippen molar-refractivity contribution in [3.8, 4) is 0 Å². The molecule has 1 aliphatic carbocycles. The van der Waals surface area contributed by atoms with Crippen molar-refractivity contribution in [3.63, 3.8) is 0 Å². The molecule has 1 atom stereocenters. The first-order valence-corrected chi connectivity index (χ1v) is 6.94. The van der Waals surface area contributed by atoms with Crippen molar-refractivity contribution >= 4 is 11.9 Å². The Labute approximate surface area is 110 Å². The molecule has 5 nitrogen and oxygen atoms in total. The van der Waals surface area contributed by atoms with E-state index in [9.17, 15) is 4.79 Å². The average Bonchev–Trinajstić information content (AvgIpc) is 2.36. The lowest BCUT2D eigenvalue weighted by Crippen LogP contribution is -2.47. The molecule has 0 heterocycles. The van der Waals surface area contributed by atoms with Gasteiger partial charge in [-0.3, -0.25) is 5.41 Å². The highest BCUT2D eigenvalue weighted by atomic mass is 16.2. The minimum Gasteiger partial charge on any atom is -0.387 e. The van der Waals surface area contributed by atoms with Crippen LogP contribution in [0.5, 0.6) is 0 Å². The Balaban J connectivity index is 2.43. The first kappa shape index (κ1) is 14.8. The summed E-state index contributed by atoms with van der Waals surface area (Å²) in [6.45, 7) is 4.99. The molecule has 2 amide bonds.